The molecule has 2 aromatic heterocycles. The lowest BCUT2D eigenvalue weighted by Crippen LogP contribution is -2.00. The van der Waals surface area contributed by atoms with E-state index < -0.39 is 0 Å². The molecular weight excluding hydrogens is 174 g/mol. The van der Waals surface area contributed by atoms with E-state index in [1.165, 1.54) is 0 Å². The summed E-state index contributed by atoms with van der Waals surface area (Å²) in [6.07, 6.45) is 1.77. The monoisotopic (exact) mass is 187 g/mol. The number of aromatic nitrogens is 2. The lowest BCUT2D eigenvalue weighted by atomic mass is 10.0. The molecule has 2 rings (SSSR count). The summed E-state index contributed by atoms with van der Waals surface area (Å²) in [7, 11) is 0. The molecule has 14 heavy (non-hydrogen) atoms. The molecule has 0 radical (unpaired) electrons. The summed E-state index contributed by atoms with van der Waals surface area (Å²) in [6.45, 7) is 4.20. The fourth-order valence-electron chi connectivity index (χ4n) is 1.49. The van der Waals surface area contributed by atoms with E-state index in [0.29, 0.717) is 11.7 Å². The van der Waals surface area contributed by atoms with Crippen LogP contribution in [0.3, 0.4) is 0 Å². The van der Waals surface area contributed by atoms with Crippen LogP contribution in [0.1, 0.15) is 25.3 Å². The van der Waals surface area contributed by atoms with Crippen molar-refractivity contribution in [2.24, 2.45) is 0 Å². The number of nitrogens with zero attached hydrogens (tertiary/aromatic N) is 2. The molecule has 0 fully saturated rings. The van der Waals surface area contributed by atoms with Crippen molar-refractivity contribution in [3.8, 4) is 0 Å². The van der Waals surface area contributed by atoms with E-state index in [9.17, 15) is 0 Å². The van der Waals surface area contributed by atoms with Crippen LogP contribution in [0.15, 0.2) is 24.4 Å². The molecule has 0 aromatic carbocycles. The van der Waals surface area contributed by atoms with Crippen LogP contribution in [-0.4, -0.2) is 9.97 Å². The second-order valence-electron chi connectivity index (χ2n) is 3.66. The van der Waals surface area contributed by atoms with Crippen molar-refractivity contribution in [3.63, 3.8) is 0 Å². The number of fused-ring (bicyclic) bond motifs is 1. The fourth-order valence-corrected chi connectivity index (χ4v) is 1.49. The summed E-state index contributed by atoms with van der Waals surface area (Å²) >= 11 is 0. The number of anilines is 1. The molecule has 0 spiro atoms. The Hall–Kier alpha value is -1.64. The Morgan fingerprint density at radius 3 is 2.79 bits per heavy atom. The van der Waals surface area contributed by atoms with Gasteiger partial charge in [0.1, 0.15) is 5.82 Å². The summed E-state index contributed by atoms with van der Waals surface area (Å²) in [5, 5.41) is 0. The first-order valence-electron chi connectivity index (χ1n) is 4.69. The number of hydrogen-bond donors (Lipinski definition) is 1. The number of hydrogen-bond acceptors (Lipinski definition) is 3. The van der Waals surface area contributed by atoms with Crippen LogP contribution < -0.4 is 5.73 Å². The quantitative estimate of drug-likeness (QED) is 0.745. The first-order chi connectivity index (χ1) is 6.68. The maximum Gasteiger partial charge on any atom is 0.127 e. The molecule has 3 nitrogen and oxygen atoms in total. The number of rotatable bonds is 1. The molecule has 2 heterocycles. The minimum absolute atomic E-state index is 0.383. The highest BCUT2D eigenvalue weighted by atomic mass is 14.9. The highest BCUT2D eigenvalue weighted by molar-refractivity contribution is 5.77. The topological polar surface area (TPSA) is 51.8 Å². The van der Waals surface area contributed by atoms with E-state index in [4.69, 9.17) is 5.73 Å². The van der Waals surface area contributed by atoms with Gasteiger partial charge in [0.05, 0.1) is 11.0 Å². The van der Waals surface area contributed by atoms with Gasteiger partial charge in [-0.3, -0.25) is 4.98 Å². The van der Waals surface area contributed by atoms with Crippen molar-refractivity contribution in [2.75, 3.05) is 5.73 Å². The van der Waals surface area contributed by atoms with Gasteiger partial charge in [-0.2, -0.15) is 0 Å². The van der Waals surface area contributed by atoms with Gasteiger partial charge in [0.2, 0.25) is 0 Å². The summed E-state index contributed by atoms with van der Waals surface area (Å²) in [5.74, 6) is 0.995. The minimum Gasteiger partial charge on any atom is -0.383 e. The third-order valence-corrected chi connectivity index (χ3v) is 2.27. The molecular formula is C11H13N3. The average molecular weight is 187 g/mol. The van der Waals surface area contributed by atoms with Crippen LogP contribution in [0, 0.1) is 0 Å². The molecule has 0 atom stereocenters. The highest BCUT2D eigenvalue weighted by Gasteiger charge is 2.07. The Balaban J connectivity index is 2.71. The van der Waals surface area contributed by atoms with Gasteiger partial charge in [-0.1, -0.05) is 13.8 Å². The molecule has 0 amide bonds. The van der Waals surface area contributed by atoms with Gasteiger partial charge < -0.3 is 5.73 Å². The largest absolute Gasteiger partial charge is 0.383 e. The predicted octanol–water partition coefficient (Wildman–Crippen LogP) is 2.34. The Morgan fingerprint density at radius 2 is 2.07 bits per heavy atom. The van der Waals surface area contributed by atoms with E-state index in [1.807, 2.05) is 18.2 Å². The van der Waals surface area contributed by atoms with Crippen LogP contribution in [0.2, 0.25) is 0 Å². The lowest BCUT2D eigenvalue weighted by molar-refractivity contribution is 0.865. The Bertz CT molecular complexity index is 463. The van der Waals surface area contributed by atoms with Gasteiger partial charge in [-0.05, 0) is 29.7 Å². The van der Waals surface area contributed by atoms with Crippen LogP contribution in [0.4, 0.5) is 5.82 Å². The van der Waals surface area contributed by atoms with Gasteiger partial charge in [0.25, 0.3) is 0 Å². The van der Waals surface area contributed by atoms with Crippen molar-refractivity contribution in [1.82, 2.24) is 9.97 Å². The summed E-state index contributed by atoms with van der Waals surface area (Å²) in [6, 6.07) is 5.80. The molecule has 3 heteroatoms. The SMILES string of the molecule is CC(C)c1cc2ncccc2nc1N. The van der Waals surface area contributed by atoms with Gasteiger partial charge >= 0.3 is 0 Å². The van der Waals surface area contributed by atoms with E-state index in [2.05, 4.69) is 23.8 Å². The first-order valence-corrected chi connectivity index (χ1v) is 4.69. The van der Waals surface area contributed by atoms with Gasteiger partial charge in [0, 0.05) is 6.20 Å². The minimum atomic E-state index is 0.383. The third-order valence-electron chi connectivity index (χ3n) is 2.27. The normalized spacial score (nSPS) is 11.1. The molecule has 0 aliphatic rings. The average Bonchev–Trinajstić information content (AvgIpc) is 2.16. The third kappa shape index (κ3) is 1.41. The van der Waals surface area contributed by atoms with Gasteiger partial charge in [-0.15, -0.1) is 0 Å². The van der Waals surface area contributed by atoms with Crippen LogP contribution >= 0.6 is 0 Å². The molecule has 0 saturated heterocycles. The Morgan fingerprint density at radius 1 is 1.29 bits per heavy atom. The Labute approximate surface area is 83.0 Å². The maximum atomic E-state index is 5.85. The molecule has 0 saturated carbocycles. The zero-order chi connectivity index (χ0) is 10.1. The smallest absolute Gasteiger partial charge is 0.127 e. The summed E-state index contributed by atoms with van der Waals surface area (Å²) < 4.78 is 0. The summed E-state index contributed by atoms with van der Waals surface area (Å²) in [5.41, 5.74) is 8.68. The van der Waals surface area contributed by atoms with Crippen molar-refractivity contribution in [3.05, 3.63) is 30.0 Å². The lowest BCUT2D eigenvalue weighted by Gasteiger charge is -2.09. The molecule has 0 bridgehead atoms. The number of nitrogens with two attached hydrogens (primary N) is 1. The number of nitrogen functional groups attached to an aromatic ring is 1. The van der Waals surface area contributed by atoms with Gasteiger partial charge in [-0.25, -0.2) is 4.98 Å². The number of pyridine rings is 2. The fraction of sp³-hybridized carbons (Fsp3) is 0.273. The zero-order valence-electron chi connectivity index (χ0n) is 8.36. The highest BCUT2D eigenvalue weighted by Crippen LogP contribution is 2.23. The van der Waals surface area contributed by atoms with E-state index in [0.717, 1.165) is 16.6 Å². The molecule has 0 unspecified atom stereocenters. The maximum absolute atomic E-state index is 5.85. The second-order valence-corrected chi connectivity index (χ2v) is 3.66. The van der Waals surface area contributed by atoms with Gasteiger partial charge in [0.15, 0.2) is 0 Å². The van der Waals surface area contributed by atoms with Crippen LogP contribution in [-0.2, 0) is 0 Å². The molecule has 72 valence electrons. The molecule has 0 aliphatic carbocycles. The van der Waals surface area contributed by atoms with E-state index >= 15 is 0 Å². The van der Waals surface area contributed by atoms with Crippen LogP contribution in [0.25, 0.3) is 11.0 Å². The van der Waals surface area contributed by atoms with E-state index in [-0.39, 0.29) is 0 Å². The molecule has 0 aliphatic heterocycles. The standard InChI is InChI=1S/C11H13N3/c1-7(2)8-6-10-9(14-11(8)12)4-3-5-13-10/h3-7H,1-2H3,(H2,12,14). The van der Waals surface area contributed by atoms with Crippen molar-refractivity contribution >= 4 is 16.9 Å². The first kappa shape index (κ1) is 8.94. The van der Waals surface area contributed by atoms with E-state index in [1.54, 1.807) is 6.20 Å². The summed E-state index contributed by atoms with van der Waals surface area (Å²) in [4.78, 5) is 8.56. The molecule has 2 N–H and O–H groups in total. The van der Waals surface area contributed by atoms with Crippen LogP contribution in [0.5, 0.6) is 0 Å². The second kappa shape index (κ2) is 3.25. The zero-order valence-corrected chi connectivity index (χ0v) is 8.36. The van der Waals surface area contributed by atoms with Crippen molar-refractivity contribution in [1.29, 1.82) is 0 Å². The predicted molar refractivity (Wildman–Crippen MR) is 58.0 cm³/mol. The molecule has 2 aromatic rings. The van der Waals surface area contributed by atoms with Crippen molar-refractivity contribution < 1.29 is 0 Å². The van der Waals surface area contributed by atoms with Crippen molar-refractivity contribution in [2.45, 2.75) is 19.8 Å². The Kier molecular flexibility index (Phi) is 2.08.